The average Bonchev–Trinajstić information content (AvgIpc) is 2.73. The molecular weight excluding hydrogens is 478 g/mol. The Bertz CT molecular complexity index is 1140. The Morgan fingerprint density at radius 3 is 2.27 bits per heavy atom. The lowest BCUT2D eigenvalue weighted by Gasteiger charge is -2.22. The van der Waals surface area contributed by atoms with Crippen LogP contribution < -0.4 is 0 Å². The second-order valence-corrected chi connectivity index (χ2v) is 9.80. The fourth-order valence-corrected chi connectivity index (χ4v) is 4.73. The second-order valence-electron chi connectivity index (χ2n) is 6.94. The first-order valence-electron chi connectivity index (χ1n) is 9.61. The van der Waals surface area contributed by atoms with Gasteiger partial charge >= 0.3 is 0 Å². The topological polar surface area (TPSA) is 25.8 Å². The summed E-state index contributed by atoms with van der Waals surface area (Å²) in [6, 6.07) is 11.3. The number of thioether (sulfide) groups is 1. The van der Waals surface area contributed by atoms with Crippen LogP contribution in [0.15, 0.2) is 41.6 Å². The molecule has 0 fully saturated rings. The Morgan fingerprint density at radius 2 is 1.57 bits per heavy atom. The first-order chi connectivity index (χ1) is 14.5. The number of fused-ring (bicyclic) bond motifs is 1. The molecule has 1 aliphatic rings. The van der Waals surface area contributed by atoms with Crippen molar-refractivity contribution in [3.05, 3.63) is 73.3 Å². The van der Waals surface area contributed by atoms with Crippen LogP contribution in [0.1, 0.15) is 36.6 Å². The third-order valence-electron chi connectivity index (χ3n) is 4.91. The maximum Gasteiger partial charge on any atom is 0.188 e. The Morgan fingerprint density at radius 1 is 0.867 bits per heavy atom. The number of allylic oxidation sites excluding steroid dienone is 1. The molecule has 2 aromatic carbocycles. The quantitative estimate of drug-likeness (QED) is 0.267. The minimum absolute atomic E-state index is 0.522. The van der Waals surface area contributed by atoms with Crippen LogP contribution >= 0.6 is 58.2 Å². The molecule has 3 aromatic rings. The van der Waals surface area contributed by atoms with Crippen molar-refractivity contribution in [2.75, 3.05) is 5.75 Å². The van der Waals surface area contributed by atoms with E-state index in [9.17, 15) is 0 Å². The normalized spacial score (nSPS) is 14.8. The van der Waals surface area contributed by atoms with E-state index in [1.165, 1.54) is 5.57 Å². The third-order valence-corrected chi connectivity index (χ3v) is 7.12. The van der Waals surface area contributed by atoms with Crippen molar-refractivity contribution in [3.63, 3.8) is 0 Å². The fourth-order valence-electron chi connectivity index (χ4n) is 3.56. The van der Waals surface area contributed by atoms with Gasteiger partial charge in [-0.3, -0.25) is 0 Å². The summed E-state index contributed by atoms with van der Waals surface area (Å²) < 4.78 is 0. The molecule has 4 rings (SSSR count). The number of nitrogens with zero attached hydrogens (tertiary/aromatic N) is 2. The summed E-state index contributed by atoms with van der Waals surface area (Å²) in [6.45, 7) is 2.10. The monoisotopic (exact) mass is 494 g/mol. The summed E-state index contributed by atoms with van der Waals surface area (Å²) in [5, 5.41) is 2.91. The molecule has 0 N–H and O–H groups in total. The van der Waals surface area contributed by atoms with Gasteiger partial charge < -0.3 is 0 Å². The Kier molecular flexibility index (Phi) is 6.96. The molecule has 2 nitrogen and oxygen atoms in total. The van der Waals surface area contributed by atoms with Gasteiger partial charge in [0.25, 0.3) is 0 Å². The number of aromatic nitrogens is 2. The van der Waals surface area contributed by atoms with E-state index < -0.39 is 0 Å². The van der Waals surface area contributed by atoms with Crippen LogP contribution in [0.4, 0.5) is 0 Å². The van der Waals surface area contributed by atoms with E-state index in [1.807, 2.05) is 36.4 Å². The summed E-state index contributed by atoms with van der Waals surface area (Å²) in [4.78, 5) is 9.78. The van der Waals surface area contributed by atoms with E-state index in [1.54, 1.807) is 11.8 Å². The van der Waals surface area contributed by atoms with Crippen molar-refractivity contribution in [1.29, 1.82) is 0 Å². The van der Waals surface area contributed by atoms with E-state index >= 15 is 0 Å². The molecule has 7 heteroatoms. The van der Waals surface area contributed by atoms with E-state index in [0.717, 1.165) is 58.2 Å². The van der Waals surface area contributed by atoms with E-state index in [4.69, 9.17) is 56.4 Å². The number of hydrogen-bond acceptors (Lipinski definition) is 3. The summed E-state index contributed by atoms with van der Waals surface area (Å²) in [6.07, 6.45) is 5.03. The van der Waals surface area contributed by atoms with Gasteiger partial charge in [-0.2, -0.15) is 0 Å². The molecule has 0 atom stereocenters. The molecule has 1 heterocycles. The van der Waals surface area contributed by atoms with Crippen LogP contribution in [-0.4, -0.2) is 15.7 Å². The van der Waals surface area contributed by atoms with Crippen LogP contribution in [-0.2, 0) is 6.42 Å². The van der Waals surface area contributed by atoms with Crippen LogP contribution in [0.3, 0.4) is 0 Å². The highest BCUT2D eigenvalue weighted by molar-refractivity contribution is 7.99. The van der Waals surface area contributed by atoms with E-state index in [-0.39, 0.29) is 0 Å². The predicted molar refractivity (Wildman–Crippen MR) is 131 cm³/mol. The lowest BCUT2D eigenvalue weighted by Crippen LogP contribution is -2.10. The van der Waals surface area contributed by atoms with Crippen LogP contribution in [0, 0.1) is 0 Å². The number of rotatable bonds is 4. The molecule has 0 unspecified atom stereocenters. The van der Waals surface area contributed by atoms with Gasteiger partial charge in [0, 0.05) is 11.1 Å². The molecule has 0 spiro atoms. The lowest BCUT2D eigenvalue weighted by molar-refractivity contribution is 0.784. The first kappa shape index (κ1) is 22.0. The van der Waals surface area contributed by atoms with Gasteiger partial charge in [-0.25, -0.2) is 9.97 Å². The van der Waals surface area contributed by atoms with Gasteiger partial charge in [-0.05, 0) is 66.5 Å². The molecule has 154 valence electrons. The maximum atomic E-state index is 6.30. The summed E-state index contributed by atoms with van der Waals surface area (Å²) in [5.74, 6) is 0.894. The zero-order valence-electron chi connectivity index (χ0n) is 16.2. The van der Waals surface area contributed by atoms with E-state index in [0.29, 0.717) is 20.1 Å². The van der Waals surface area contributed by atoms with Crippen LogP contribution in [0.2, 0.25) is 20.1 Å². The van der Waals surface area contributed by atoms with Crippen LogP contribution in [0.25, 0.3) is 22.9 Å². The standard InChI is InChI=1S/C23H18Cl4N2S/c1-2-30-23-28-21-14(10-13-6-8-17(24)19(26)11-13)4-3-5-16(21)22(29-23)15-7-9-18(25)20(27)12-15/h6-12H,2-5H2,1H3/b14-10+. The van der Waals surface area contributed by atoms with Gasteiger partial charge in [-0.1, -0.05) is 77.2 Å². The molecular formula is C23H18Cl4N2S. The van der Waals surface area contributed by atoms with Gasteiger partial charge in [0.1, 0.15) is 0 Å². The molecule has 0 radical (unpaired) electrons. The zero-order valence-corrected chi connectivity index (χ0v) is 20.0. The summed E-state index contributed by atoms with van der Waals surface area (Å²) in [5.41, 5.74) is 6.21. The number of benzene rings is 2. The fraction of sp³-hybridized carbons (Fsp3) is 0.217. The molecule has 0 saturated carbocycles. The zero-order chi connectivity index (χ0) is 21.3. The highest BCUT2D eigenvalue weighted by Gasteiger charge is 2.23. The van der Waals surface area contributed by atoms with Crippen molar-refractivity contribution in [3.8, 4) is 11.3 Å². The van der Waals surface area contributed by atoms with Crippen molar-refractivity contribution in [2.24, 2.45) is 0 Å². The average molecular weight is 496 g/mol. The molecule has 0 amide bonds. The number of halogens is 4. The third kappa shape index (κ3) is 4.66. The predicted octanol–water partition coefficient (Wildman–Crippen LogP) is 8.75. The lowest BCUT2D eigenvalue weighted by atomic mass is 9.88. The smallest absolute Gasteiger partial charge is 0.188 e. The SMILES string of the molecule is CCSc1nc2c(c(-c3ccc(Cl)c(Cl)c3)n1)CCC/C2=C\c1ccc(Cl)c(Cl)c1. The van der Waals surface area contributed by atoms with Crippen molar-refractivity contribution < 1.29 is 0 Å². The maximum absolute atomic E-state index is 6.30. The van der Waals surface area contributed by atoms with Crippen LogP contribution in [0.5, 0.6) is 0 Å². The molecule has 1 aliphatic carbocycles. The van der Waals surface area contributed by atoms with Crippen molar-refractivity contribution in [1.82, 2.24) is 9.97 Å². The van der Waals surface area contributed by atoms with Crippen molar-refractivity contribution >= 4 is 69.8 Å². The van der Waals surface area contributed by atoms with E-state index in [2.05, 4.69) is 13.0 Å². The Balaban J connectivity index is 1.88. The van der Waals surface area contributed by atoms with Gasteiger partial charge in [0.2, 0.25) is 0 Å². The van der Waals surface area contributed by atoms with Gasteiger partial charge in [0.15, 0.2) is 5.16 Å². The van der Waals surface area contributed by atoms with Crippen molar-refractivity contribution in [2.45, 2.75) is 31.3 Å². The second kappa shape index (κ2) is 9.50. The molecule has 0 aliphatic heterocycles. The highest BCUT2D eigenvalue weighted by atomic mass is 35.5. The summed E-state index contributed by atoms with van der Waals surface area (Å²) >= 11 is 26.4. The minimum atomic E-state index is 0.522. The summed E-state index contributed by atoms with van der Waals surface area (Å²) in [7, 11) is 0. The first-order valence-corrected chi connectivity index (χ1v) is 12.1. The highest BCUT2D eigenvalue weighted by Crippen LogP contribution is 2.39. The number of hydrogen-bond donors (Lipinski definition) is 0. The van der Waals surface area contributed by atoms with Gasteiger partial charge in [0.05, 0.1) is 31.5 Å². The molecule has 0 saturated heterocycles. The molecule has 30 heavy (non-hydrogen) atoms. The van der Waals surface area contributed by atoms with Gasteiger partial charge in [-0.15, -0.1) is 0 Å². The Labute approximate surface area is 200 Å². The molecule has 1 aromatic heterocycles. The Hall–Kier alpha value is -1.23. The largest absolute Gasteiger partial charge is 0.223 e. The minimum Gasteiger partial charge on any atom is -0.223 e. The molecule has 0 bridgehead atoms.